The third-order valence-corrected chi connectivity index (χ3v) is 17.6. The molecule has 0 bridgehead atoms. The standard InChI is InChI=1S/C69H136O4/c1-4-6-8-10-12-14-16-18-20-22-29-33-37-41-45-49-53-57-61-65(69(71)72)66(70)62-58-54-50-46-42-38-34-30-27-25-23-24-26-28-31-35-39-43-47-51-55-59-63-67-68(73-67)64(3)60-56-52-48-44-40-36-32-21-19-17-15-13-11-9-7-5-2/h64-68,70H,4-63H2,1-3H3,(H,71,72). The van der Waals surface area contributed by atoms with E-state index in [1.165, 1.54) is 347 Å². The topological polar surface area (TPSA) is 70.1 Å². The van der Waals surface area contributed by atoms with Gasteiger partial charge in [-0.2, -0.15) is 0 Å². The number of unbranched alkanes of at least 4 members (excludes halogenated alkanes) is 53. The molecule has 1 rings (SSSR count). The van der Waals surface area contributed by atoms with Gasteiger partial charge in [0.2, 0.25) is 0 Å². The third kappa shape index (κ3) is 50.6. The number of hydrogen-bond acceptors (Lipinski definition) is 3. The van der Waals surface area contributed by atoms with Crippen molar-refractivity contribution >= 4 is 5.97 Å². The Kier molecular flexibility index (Phi) is 55.5. The molecule has 0 radical (unpaired) electrons. The van der Waals surface area contributed by atoms with Crippen LogP contribution < -0.4 is 0 Å². The molecule has 5 unspecified atom stereocenters. The van der Waals surface area contributed by atoms with E-state index in [-0.39, 0.29) is 0 Å². The predicted octanol–water partition coefficient (Wildman–Crippen LogP) is 23.9. The Bertz CT molecular complexity index is 1060. The Morgan fingerprint density at radius 3 is 0.808 bits per heavy atom. The molecular formula is C69H136O4. The molecule has 0 aromatic rings. The van der Waals surface area contributed by atoms with Gasteiger partial charge in [-0.1, -0.05) is 380 Å². The Morgan fingerprint density at radius 1 is 0.329 bits per heavy atom. The van der Waals surface area contributed by atoms with Crippen molar-refractivity contribution in [3.05, 3.63) is 0 Å². The zero-order valence-electron chi connectivity index (χ0n) is 50.5. The van der Waals surface area contributed by atoms with Crippen molar-refractivity contribution in [3.63, 3.8) is 0 Å². The van der Waals surface area contributed by atoms with E-state index in [2.05, 4.69) is 20.8 Å². The van der Waals surface area contributed by atoms with Gasteiger partial charge >= 0.3 is 5.97 Å². The summed E-state index contributed by atoms with van der Waals surface area (Å²) in [5.74, 6) is -0.619. The highest BCUT2D eigenvalue weighted by Gasteiger charge is 2.41. The Labute approximate surface area is 459 Å². The minimum Gasteiger partial charge on any atom is -0.481 e. The molecule has 1 aliphatic rings. The second kappa shape index (κ2) is 57.6. The van der Waals surface area contributed by atoms with Crippen LogP contribution in [-0.4, -0.2) is 34.5 Å². The first-order valence-corrected chi connectivity index (χ1v) is 34.6. The Hall–Kier alpha value is -0.610. The maximum Gasteiger partial charge on any atom is 0.309 e. The summed E-state index contributed by atoms with van der Waals surface area (Å²) in [4.78, 5) is 11.9. The smallest absolute Gasteiger partial charge is 0.309 e. The molecule has 1 heterocycles. The lowest BCUT2D eigenvalue weighted by atomic mass is 9.91. The number of carboxylic acids is 1. The molecule has 1 aliphatic heterocycles. The zero-order chi connectivity index (χ0) is 52.6. The molecule has 0 aromatic carbocycles. The van der Waals surface area contributed by atoms with Crippen LogP contribution in [-0.2, 0) is 9.53 Å². The summed E-state index contributed by atoms with van der Waals surface area (Å²) >= 11 is 0. The van der Waals surface area contributed by atoms with Crippen molar-refractivity contribution in [2.45, 2.75) is 424 Å². The van der Waals surface area contributed by atoms with E-state index in [1.807, 2.05) is 0 Å². The summed E-state index contributed by atoms with van der Waals surface area (Å²) in [6, 6.07) is 0. The first-order chi connectivity index (χ1) is 36.0. The second-order valence-electron chi connectivity index (χ2n) is 24.9. The van der Waals surface area contributed by atoms with Gasteiger partial charge in [0.15, 0.2) is 0 Å². The first-order valence-electron chi connectivity index (χ1n) is 34.6. The van der Waals surface area contributed by atoms with Gasteiger partial charge in [0.25, 0.3) is 0 Å². The molecule has 4 heteroatoms. The maximum absolute atomic E-state index is 11.9. The Balaban J connectivity index is 1.75. The van der Waals surface area contributed by atoms with E-state index in [1.54, 1.807) is 0 Å². The highest BCUT2D eigenvalue weighted by Crippen LogP contribution is 2.36. The number of hydrogen-bond donors (Lipinski definition) is 2. The van der Waals surface area contributed by atoms with Gasteiger partial charge in [-0.15, -0.1) is 0 Å². The van der Waals surface area contributed by atoms with Gasteiger partial charge in [-0.25, -0.2) is 0 Å². The van der Waals surface area contributed by atoms with Gasteiger partial charge in [-0.3, -0.25) is 4.79 Å². The molecule has 0 aliphatic carbocycles. The molecule has 1 fully saturated rings. The normalized spacial score (nSPS) is 15.8. The summed E-state index contributed by atoms with van der Waals surface area (Å²) in [5, 5.41) is 20.5. The van der Waals surface area contributed by atoms with Crippen LogP contribution in [0, 0.1) is 11.8 Å². The molecule has 0 saturated carbocycles. The molecule has 1 saturated heterocycles. The fourth-order valence-electron chi connectivity index (χ4n) is 12.3. The minimum atomic E-state index is -0.801. The van der Waals surface area contributed by atoms with E-state index in [9.17, 15) is 15.0 Å². The van der Waals surface area contributed by atoms with E-state index >= 15 is 0 Å². The van der Waals surface area contributed by atoms with E-state index in [4.69, 9.17) is 4.74 Å². The van der Waals surface area contributed by atoms with Crippen LogP contribution in [0.4, 0.5) is 0 Å². The molecule has 436 valence electrons. The van der Waals surface area contributed by atoms with Crippen LogP contribution >= 0.6 is 0 Å². The maximum atomic E-state index is 11.9. The highest BCUT2D eigenvalue weighted by molar-refractivity contribution is 5.70. The van der Waals surface area contributed by atoms with E-state index in [0.29, 0.717) is 25.0 Å². The lowest BCUT2D eigenvalue weighted by Crippen LogP contribution is -2.28. The van der Waals surface area contributed by atoms with Gasteiger partial charge in [0.05, 0.1) is 24.2 Å². The summed E-state index contributed by atoms with van der Waals surface area (Å²) in [6.07, 6.45) is 81.9. The van der Waals surface area contributed by atoms with Crippen LogP contribution in [0.2, 0.25) is 0 Å². The number of aliphatic hydroxyl groups excluding tert-OH is 1. The molecule has 0 amide bonds. The molecule has 2 N–H and O–H groups in total. The number of aliphatic hydroxyl groups is 1. The van der Waals surface area contributed by atoms with Gasteiger partial charge in [0, 0.05) is 0 Å². The van der Waals surface area contributed by atoms with Crippen LogP contribution in [0.25, 0.3) is 0 Å². The minimum absolute atomic E-state index is 0.579. The zero-order valence-corrected chi connectivity index (χ0v) is 50.5. The number of ether oxygens (including phenoxy) is 1. The van der Waals surface area contributed by atoms with Crippen molar-refractivity contribution in [1.82, 2.24) is 0 Å². The first kappa shape index (κ1) is 70.4. The average Bonchev–Trinajstić information content (AvgIpc) is 4.17. The number of aliphatic carboxylic acids is 1. The van der Waals surface area contributed by atoms with E-state index in [0.717, 1.165) is 31.6 Å². The van der Waals surface area contributed by atoms with E-state index < -0.39 is 18.0 Å². The van der Waals surface area contributed by atoms with Crippen molar-refractivity contribution in [3.8, 4) is 0 Å². The summed E-state index contributed by atoms with van der Waals surface area (Å²) in [5.41, 5.74) is 0. The molecular weight excluding hydrogens is 893 g/mol. The lowest BCUT2D eigenvalue weighted by molar-refractivity contribution is -0.146. The quantitative estimate of drug-likeness (QED) is 0.0470. The fourth-order valence-corrected chi connectivity index (χ4v) is 12.3. The molecule has 73 heavy (non-hydrogen) atoms. The fraction of sp³-hybridized carbons (Fsp3) is 0.986. The number of epoxide rings is 1. The largest absolute Gasteiger partial charge is 0.481 e. The van der Waals surface area contributed by atoms with Gasteiger partial charge in [0.1, 0.15) is 0 Å². The van der Waals surface area contributed by atoms with Crippen LogP contribution in [0.1, 0.15) is 406 Å². The van der Waals surface area contributed by atoms with Crippen LogP contribution in [0.5, 0.6) is 0 Å². The predicted molar refractivity (Wildman–Crippen MR) is 323 cm³/mol. The molecule has 0 spiro atoms. The second-order valence-corrected chi connectivity index (χ2v) is 24.9. The lowest BCUT2D eigenvalue weighted by Gasteiger charge is -2.19. The SMILES string of the molecule is CCCCCCCCCCCCCCCCCCCCC(C(=O)O)C(O)CCCCCCCCCCCCCCCCCCCCCCCCC1OC1C(C)CCCCCCCCCCCCCCCCCC. The molecule has 0 aromatic heterocycles. The number of carboxylic acid groups (broad SMARTS) is 1. The number of rotatable bonds is 64. The molecule has 4 nitrogen and oxygen atoms in total. The monoisotopic (exact) mass is 1030 g/mol. The average molecular weight is 1030 g/mol. The van der Waals surface area contributed by atoms with Gasteiger partial charge in [-0.05, 0) is 31.6 Å². The highest BCUT2D eigenvalue weighted by atomic mass is 16.6. The van der Waals surface area contributed by atoms with Crippen molar-refractivity contribution in [1.29, 1.82) is 0 Å². The van der Waals surface area contributed by atoms with Crippen LogP contribution in [0.15, 0.2) is 0 Å². The summed E-state index contributed by atoms with van der Waals surface area (Å²) in [6.45, 7) is 7.05. The summed E-state index contributed by atoms with van der Waals surface area (Å²) < 4.78 is 6.13. The van der Waals surface area contributed by atoms with Crippen LogP contribution in [0.3, 0.4) is 0 Å². The molecule has 5 atom stereocenters. The summed E-state index contributed by atoms with van der Waals surface area (Å²) in [7, 11) is 0. The third-order valence-electron chi connectivity index (χ3n) is 17.6. The van der Waals surface area contributed by atoms with Gasteiger partial charge < -0.3 is 14.9 Å². The number of carbonyl (C=O) groups is 1. The van der Waals surface area contributed by atoms with Crippen molar-refractivity contribution in [2.24, 2.45) is 11.8 Å². The van der Waals surface area contributed by atoms with Crippen molar-refractivity contribution in [2.75, 3.05) is 0 Å². The van der Waals surface area contributed by atoms with Crippen molar-refractivity contribution < 1.29 is 19.7 Å². The Morgan fingerprint density at radius 2 is 0.548 bits per heavy atom.